The molecule has 0 aliphatic carbocycles. The molecule has 0 aromatic heterocycles. The highest BCUT2D eigenvalue weighted by atomic mass is 32.2. The fourth-order valence-electron chi connectivity index (χ4n) is 2.79. The number of sulfonamides is 1. The van der Waals surface area contributed by atoms with E-state index in [2.05, 4.69) is 17.2 Å². The van der Waals surface area contributed by atoms with E-state index in [1.54, 1.807) is 0 Å². The van der Waals surface area contributed by atoms with Gasteiger partial charge in [-0.25, -0.2) is 13.9 Å². The third-order valence-electron chi connectivity index (χ3n) is 4.06. The van der Waals surface area contributed by atoms with Gasteiger partial charge in [0.05, 0.1) is 17.5 Å². The van der Waals surface area contributed by atoms with Crippen LogP contribution in [0.2, 0.25) is 0 Å². The Hall–Kier alpha value is -2.61. The lowest BCUT2D eigenvalue weighted by atomic mass is 9.98. The van der Waals surface area contributed by atoms with Gasteiger partial charge in [0.15, 0.2) is 0 Å². The van der Waals surface area contributed by atoms with Gasteiger partial charge in [0.1, 0.15) is 18.4 Å². The van der Waals surface area contributed by atoms with Crippen molar-refractivity contribution in [2.24, 2.45) is 5.41 Å². The second-order valence-corrected chi connectivity index (χ2v) is 9.53. The van der Waals surface area contributed by atoms with E-state index in [1.165, 1.54) is 36.7 Å². The molecule has 0 saturated carbocycles. The maximum absolute atomic E-state index is 13.0. The molecule has 2 unspecified atom stereocenters. The van der Waals surface area contributed by atoms with Crippen molar-refractivity contribution in [2.45, 2.75) is 44.7 Å². The van der Waals surface area contributed by atoms with Gasteiger partial charge in [0.2, 0.25) is 15.9 Å². The van der Waals surface area contributed by atoms with Gasteiger partial charge in [0, 0.05) is 5.41 Å². The molecule has 9 nitrogen and oxygen atoms in total. The fraction of sp³-hybridized carbons (Fsp3) is 0.474. The van der Waals surface area contributed by atoms with Crippen LogP contribution in [0.3, 0.4) is 0 Å². The molecule has 1 aliphatic heterocycles. The summed E-state index contributed by atoms with van der Waals surface area (Å²) in [4.78, 5) is 23.7. The van der Waals surface area contributed by atoms with Crippen molar-refractivity contribution in [1.29, 1.82) is 0 Å². The van der Waals surface area contributed by atoms with E-state index in [4.69, 9.17) is 9.94 Å². The highest BCUT2D eigenvalue weighted by Crippen LogP contribution is 2.24. The molecule has 2 rings (SSSR count). The summed E-state index contributed by atoms with van der Waals surface area (Å²) in [6.45, 7) is 7.04. The maximum atomic E-state index is 13.0. The van der Waals surface area contributed by atoms with E-state index >= 15 is 0 Å². The second kappa shape index (κ2) is 8.82. The average Bonchev–Trinajstić information content (AvgIpc) is 2.63. The van der Waals surface area contributed by atoms with Crippen molar-refractivity contribution >= 4 is 21.8 Å². The van der Waals surface area contributed by atoms with Crippen LogP contribution in [0.15, 0.2) is 29.2 Å². The summed E-state index contributed by atoms with van der Waals surface area (Å²) in [5, 5.41) is 11.4. The highest BCUT2D eigenvalue weighted by Gasteiger charge is 2.44. The van der Waals surface area contributed by atoms with E-state index in [0.29, 0.717) is 5.75 Å². The first-order valence-electron chi connectivity index (χ1n) is 8.94. The fourth-order valence-corrected chi connectivity index (χ4v) is 4.41. The lowest BCUT2D eigenvalue weighted by molar-refractivity contribution is -0.137. The number of rotatable bonds is 5. The van der Waals surface area contributed by atoms with Gasteiger partial charge in [-0.3, -0.25) is 14.8 Å². The van der Waals surface area contributed by atoms with Gasteiger partial charge < -0.3 is 10.1 Å². The third kappa shape index (κ3) is 5.69. The van der Waals surface area contributed by atoms with Gasteiger partial charge in [0.25, 0.3) is 5.91 Å². The van der Waals surface area contributed by atoms with Crippen LogP contribution in [0.1, 0.15) is 27.7 Å². The molecule has 3 N–H and O–H groups in total. The molecule has 0 radical (unpaired) electrons. The van der Waals surface area contributed by atoms with Crippen LogP contribution in [-0.4, -0.2) is 55.0 Å². The summed E-state index contributed by atoms with van der Waals surface area (Å²) in [5.41, 5.74) is 1.31. The van der Waals surface area contributed by atoms with Gasteiger partial charge >= 0.3 is 0 Å². The summed E-state index contributed by atoms with van der Waals surface area (Å²) in [5.74, 6) is 4.88. The Morgan fingerprint density at radius 3 is 2.52 bits per heavy atom. The Kier molecular flexibility index (Phi) is 6.89. The normalized spacial score (nSPS) is 20.2. The highest BCUT2D eigenvalue weighted by molar-refractivity contribution is 7.89. The molecular formula is C19H25N3O6S. The Labute approximate surface area is 170 Å². The van der Waals surface area contributed by atoms with Crippen LogP contribution in [0.25, 0.3) is 0 Å². The number of amides is 2. The molecular weight excluding hydrogens is 398 g/mol. The summed E-state index contributed by atoms with van der Waals surface area (Å²) in [6, 6.07) is 3.49. The largest absolute Gasteiger partial charge is 0.481 e. The standard InChI is InChI=1S/C19H25N3O6S/c1-13-17(18(24)21-25)22(12-16(23)20-13)29(26,27)15-8-6-14(7-9-15)28-11-5-10-19(2,3)4/h6-9,13,17,25H,11-12H2,1-4H3,(H,20,23)(H,21,24). The predicted octanol–water partition coefficient (Wildman–Crippen LogP) is 0.498. The van der Waals surface area contributed by atoms with Crippen molar-refractivity contribution in [3.05, 3.63) is 24.3 Å². The average molecular weight is 423 g/mol. The molecule has 1 fully saturated rings. The zero-order valence-electron chi connectivity index (χ0n) is 16.7. The Balaban J connectivity index is 2.21. The molecule has 1 aromatic carbocycles. The molecule has 1 aliphatic rings. The molecule has 0 spiro atoms. The SMILES string of the molecule is CC1NC(=O)CN(S(=O)(=O)c2ccc(OCC#CC(C)(C)C)cc2)C1C(=O)NO. The first-order chi connectivity index (χ1) is 13.5. The number of hydroxylamine groups is 1. The van der Waals surface area contributed by atoms with Gasteiger partial charge in [-0.15, -0.1) is 0 Å². The number of piperazine rings is 1. The van der Waals surface area contributed by atoms with Crippen LogP contribution in [0, 0.1) is 17.3 Å². The number of carbonyl (C=O) groups excluding carboxylic acids is 2. The molecule has 2 atom stereocenters. The van der Waals surface area contributed by atoms with Crippen LogP contribution >= 0.6 is 0 Å². The van der Waals surface area contributed by atoms with Crippen LogP contribution in [-0.2, 0) is 19.6 Å². The minimum atomic E-state index is -4.18. The second-order valence-electron chi connectivity index (χ2n) is 7.64. The predicted molar refractivity (Wildman–Crippen MR) is 104 cm³/mol. The first kappa shape index (κ1) is 22.7. The zero-order chi connectivity index (χ0) is 21.8. The van der Waals surface area contributed by atoms with E-state index in [0.717, 1.165) is 4.31 Å². The van der Waals surface area contributed by atoms with E-state index in [9.17, 15) is 18.0 Å². The smallest absolute Gasteiger partial charge is 0.263 e. The lowest BCUT2D eigenvalue weighted by Gasteiger charge is -2.37. The summed E-state index contributed by atoms with van der Waals surface area (Å²) in [6.07, 6.45) is 0. The molecule has 2 amide bonds. The van der Waals surface area contributed by atoms with Crippen LogP contribution in [0.5, 0.6) is 5.75 Å². The number of nitrogens with one attached hydrogen (secondary N) is 2. The monoisotopic (exact) mass is 423 g/mol. The molecule has 0 bridgehead atoms. The quantitative estimate of drug-likeness (QED) is 0.360. The Morgan fingerprint density at radius 2 is 1.97 bits per heavy atom. The number of ether oxygens (including phenoxy) is 1. The third-order valence-corrected chi connectivity index (χ3v) is 5.90. The van der Waals surface area contributed by atoms with Crippen LogP contribution in [0.4, 0.5) is 0 Å². The van der Waals surface area contributed by atoms with E-state index in [1.807, 2.05) is 20.8 Å². The van der Waals surface area contributed by atoms with Crippen molar-refractivity contribution in [3.8, 4) is 17.6 Å². The zero-order valence-corrected chi connectivity index (χ0v) is 17.5. The number of benzene rings is 1. The summed E-state index contributed by atoms with van der Waals surface area (Å²) in [7, 11) is -4.18. The minimum Gasteiger partial charge on any atom is -0.481 e. The molecule has 158 valence electrons. The molecule has 1 heterocycles. The number of hydrogen-bond acceptors (Lipinski definition) is 6. The molecule has 1 aromatic rings. The maximum Gasteiger partial charge on any atom is 0.263 e. The number of nitrogens with zero attached hydrogens (tertiary/aromatic N) is 1. The van der Waals surface area contributed by atoms with E-state index in [-0.39, 0.29) is 16.9 Å². The van der Waals surface area contributed by atoms with Crippen molar-refractivity contribution in [1.82, 2.24) is 15.1 Å². The van der Waals surface area contributed by atoms with Crippen LogP contribution < -0.4 is 15.5 Å². The Bertz CT molecular complexity index is 925. The van der Waals surface area contributed by atoms with Gasteiger partial charge in [-0.1, -0.05) is 11.8 Å². The minimum absolute atomic E-state index is 0.108. The van der Waals surface area contributed by atoms with Crippen molar-refractivity contribution < 1.29 is 28.0 Å². The molecule has 29 heavy (non-hydrogen) atoms. The molecule has 10 heteroatoms. The molecule has 1 saturated heterocycles. The van der Waals surface area contributed by atoms with Crippen molar-refractivity contribution in [3.63, 3.8) is 0 Å². The first-order valence-corrected chi connectivity index (χ1v) is 10.4. The van der Waals surface area contributed by atoms with E-state index < -0.39 is 40.5 Å². The van der Waals surface area contributed by atoms with Crippen molar-refractivity contribution in [2.75, 3.05) is 13.2 Å². The topological polar surface area (TPSA) is 125 Å². The lowest BCUT2D eigenvalue weighted by Crippen LogP contribution is -2.65. The summed E-state index contributed by atoms with van der Waals surface area (Å²) < 4.78 is 32.3. The number of carbonyl (C=O) groups is 2. The van der Waals surface area contributed by atoms with Gasteiger partial charge in [-0.05, 0) is 52.0 Å². The van der Waals surface area contributed by atoms with Gasteiger partial charge in [-0.2, -0.15) is 4.31 Å². The Morgan fingerprint density at radius 1 is 1.34 bits per heavy atom. The number of hydrogen-bond donors (Lipinski definition) is 3. The summed E-state index contributed by atoms with van der Waals surface area (Å²) >= 11 is 0.